The summed E-state index contributed by atoms with van der Waals surface area (Å²) < 4.78 is 0. The topological polar surface area (TPSA) is 78.5 Å². The summed E-state index contributed by atoms with van der Waals surface area (Å²) in [5, 5.41) is 5.68. The SMILES string of the molecule is C=CCNC(=O)C(C)Nc1ccc2c(c1)C(=O)N(C)C2=O. The zero-order chi connectivity index (χ0) is 15.6. The summed E-state index contributed by atoms with van der Waals surface area (Å²) in [6.07, 6.45) is 1.60. The van der Waals surface area contributed by atoms with E-state index in [9.17, 15) is 14.4 Å². The first-order valence-electron chi connectivity index (χ1n) is 6.57. The van der Waals surface area contributed by atoms with Gasteiger partial charge < -0.3 is 10.6 Å². The van der Waals surface area contributed by atoms with Crippen LogP contribution >= 0.6 is 0 Å². The van der Waals surface area contributed by atoms with Crippen molar-refractivity contribution in [3.63, 3.8) is 0 Å². The molecule has 0 saturated carbocycles. The van der Waals surface area contributed by atoms with Crippen molar-refractivity contribution in [1.29, 1.82) is 0 Å². The molecule has 0 bridgehead atoms. The molecule has 2 rings (SSSR count). The number of amides is 3. The van der Waals surface area contributed by atoms with Gasteiger partial charge in [0.1, 0.15) is 6.04 Å². The van der Waals surface area contributed by atoms with Crippen molar-refractivity contribution < 1.29 is 14.4 Å². The van der Waals surface area contributed by atoms with Gasteiger partial charge in [-0.3, -0.25) is 19.3 Å². The van der Waals surface area contributed by atoms with E-state index in [1.807, 2.05) is 0 Å². The number of nitrogens with one attached hydrogen (secondary N) is 2. The molecule has 1 aromatic rings. The summed E-state index contributed by atoms with van der Waals surface area (Å²) in [5.41, 5.74) is 1.36. The third-order valence-electron chi connectivity index (χ3n) is 3.29. The quantitative estimate of drug-likeness (QED) is 0.626. The molecule has 1 aliphatic rings. The van der Waals surface area contributed by atoms with Crippen molar-refractivity contribution in [2.45, 2.75) is 13.0 Å². The highest BCUT2D eigenvalue weighted by atomic mass is 16.2. The van der Waals surface area contributed by atoms with E-state index >= 15 is 0 Å². The normalized spacial score (nSPS) is 14.7. The second-order valence-electron chi connectivity index (χ2n) is 4.83. The smallest absolute Gasteiger partial charge is 0.261 e. The van der Waals surface area contributed by atoms with Crippen LogP contribution in [-0.2, 0) is 4.79 Å². The van der Waals surface area contributed by atoms with Crippen LogP contribution in [0, 0.1) is 0 Å². The van der Waals surface area contributed by atoms with Crippen molar-refractivity contribution in [1.82, 2.24) is 10.2 Å². The molecule has 0 fully saturated rings. The lowest BCUT2D eigenvalue weighted by Crippen LogP contribution is -2.37. The second-order valence-corrected chi connectivity index (χ2v) is 4.83. The van der Waals surface area contributed by atoms with E-state index in [4.69, 9.17) is 0 Å². The number of fused-ring (bicyclic) bond motifs is 1. The Labute approximate surface area is 122 Å². The molecular formula is C15H17N3O3. The molecule has 6 nitrogen and oxygen atoms in total. The van der Waals surface area contributed by atoms with Crippen LogP contribution in [0.25, 0.3) is 0 Å². The van der Waals surface area contributed by atoms with Crippen LogP contribution in [0.1, 0.15) is 27.6 Å². The van der Waals surface area contributed by atoms with E-state index in [1.165, 1.54) is 7.05 Å². The van der Waals surface area contributed by atoms with Gasteiger partial charge in [-0.1, -0.05) is 6.08 Å². The summed E-state index contributed by atoms with van der Waals surface area (Å²) in [7, 11) is 1.45. The molecule has 0 saturated heterocycles. The second kappa shape index (κ2) is 5.78. The molecule has 2 N–H and O–H groups in total. The van der Waals surface area contributed by atoms with Gasteiger partial charge in [0.05, 0.1) is 11.1 Å². The molecule has 0 spiro atoms. The first-order chi connectivity index (χ1) is 9.95. The van der Waals surface area contributed by atoms with E-state index in [-0.39, 0.29) is 17.7 Å². The van der Waals surface area contributed by atoms with Gasteiger partial charge in [-0.2, -0.15) is 0 Å². The fourth-order valence-electron chi connectivity index (χ4n) is 2.09. The number of hydrogen-bond donors (Lipinski definition) is 2. The highest BCUT2D eigenvalue weighted by molar-refractivity contribution is 6.21. The van der Waals surface area contributed by atoms with Crippen LogP contribution in [0.15, 0.2) is 30.9 Å². The Morgan fingerprint density at radius 3 is 2.67 bits per heavy atom. The van der Waals surface area contributed by atoms with Crippen molar-refractivity contribution in [3.05, 3.63) is 42.0 Å². The molecule has 0 radical (unpaired) electrons. The first-order valence-corrected chi connectivity index (χ1v) is 6.57. The van der Waals surface area contributed by atoms with E-state index in [1.54, 1.807) is 31.2 Å². The summed E-state index contributed by atoms with van der Waals surface area (Å²) in [6.45, 7) is 5.64. The number of benzene rings is 1. The third-order valence-corrected chi connectivity index (χ3v) is 3.29. The first kappa shape index (κ1) is 14.8. The fraction of sp³-hybridized carbons (Fsp3) is 0.267. The van der Waals surface area contributed by atoms with Crippen LogP contribution < -0.4 is 10.6 Å². The maximum Gasteiger partial charge on any atom is 0.261 e. The lowest BCUT2D eigenvalue weighted by atomic mass is 10.1. The van der Waals surface area contributed by atoms with Gasteiger partial charge in [-0.25, -0.2) is 0 Å². The van der Waals surface area contributed by atoms with Gasteiger partial charge in [0.15, 0.2) is 0 Å². The van der Waals surface area contributed by atoms with Crippen LogP contribution in [0.5, 0.6) is 0 Å². The lowest BCUT2D eigenvalue weighted by molar-refractivity contribution is -0.121. The van der Waals surface area contributed by atoms with E-state index in [0.717, 1.165) is 4.90 Å². The van der Waals surface area contributed by atoms with Gasteiger partial charge in [-0.15, -0.1) is 6.58 Å². The zero-order valence-corrected chi connectivity index (χ0v) is 12.0. The number of rotatable bonds is 5. The Morgan fingerprint density at radius 1 is 1.33 bits per heavy atom. The number of anilines is 1. The van der Waals surface area contributed by atoms with Gasteiger partial charge in [0, 0.05) is 19.3 Å². The highest BCUT2D eigenvalue weighted by Gasteiger charge is 2.32. The summed E-state index contributed by atoms with van der Waals surface area (Å²) in [4.78, 5) is 36.5. The highest BCUT2D eigenvalue weighted by Crippen LogP contribution is 2.24. The number of nitrogens with zero attached hydrogens (tertiary/aromatic N) is 1. The molecule has 1 atom stereocenters. The Balaban J connectivity index is 2.13. The summed E-state index contributed by atoms with van der Waals surface area (Å²) in [5.74, 6) is -0.810. The Morgan fingerprint density at radius 2 is 2.00 bits per heavy atom. The van der Waals surface area contributed by atoms with Gasteiger partial charge in [-0.05, 0) is 25.1 Å². The van der Waals surface area contributed by atoms with Crippen molar-refractivity contribution >= 4 is 23.4 Å². The average molecular weight is 287 g/mol. The fourth-order valence-corrected chi connectivity index (χ4v) is 2.09. The Hall–Kier alpha value is -2.63. The molecule has 6 heteroatoms. The molecule has 0 aromatic heterocycles. The molecule has 1 heterocycles. The largest absolute Gasteiger partial charge is 0.374 e. The van der Waals surface area contributed by atoms with Gasteiger partial charge in [0.25, 0.3) is 11.8 Å². The predicted molar refractivity (Wildman–Crippen MR) is 79.2 cm³/mol. The van der Waals surface area contributed by atoms with Crippen LogP contribution in [0.4, 0.5) is 5.69 Å². The maximum atomic E-state index is 11.9. The molecular weight excluding hydrogens is 270 g/mol. The predicted octanol–water partition coefficient (Wildman–Crippen LogP) is 1.01. The van der Waals surface area contributed by atoms with Crippen molar-refractivity contribution in [2.75, 3.05) is 18.9 Å². The average Bonchev–Trinajstić information content (AvgIpc) is 2.69. The maximum absolute atomic E-state index is 11.9. The number of carbonyl (C=O) groups is 3. The molecule has 1 aromatic carbocycles. The van der Waals surface area contributed by atoms with Gasteiger partial charge >= 0.3 is 0 Å². The molecule has 1 aliphatic heterocycles. The lowest BCUT2D eigenvalue weighted by Gasteiger charge is -2.15. The minimum Gasteiger partial charge on any atom is -0.374 e. The van der Waals surface area contributed by atoms with Gasteiger partial charge in [0.2, 0.25) is 5.91 Å². The summed E-state index contributed by atoms with van der Waals surface area (Å²) in [6, 6.07) is 4.40. The van der Waals surface area contributed by atoms with E-state index < -0.39 is 6.04 Å². The minimum atomic E-state index is -0.465. The molecule has 0 aliphatic carbocycles. The monoisotopic (exact) mass is 287 g/mol. The van der Waals surface area contributed by atoms with Crippen LogP contribution in [0.2, 0.25) is 0 Å². The number of imide groups is 1. The van der Waals surface area contributed by atoms with Crippen molar-refractivity contribution in [3.8, 4) is 0 Å². The standard InChI is InChI=1S/C15H17N3O3/c1-4-7-16-13(19)9(2)17-10-5-6-11-12(8-10)15(21)18(3)14(11)20/h4-6,8-9,17H,1,7H2,2-3H3,(H,16,19). The van der Waals surface area contributed by atoms with Crippen LogP contribution in [0.3, 0.4) is 0 Å². The molecule has 110 valence electrons. The summed E-state index contributed by atoms with van der Waals surface area (Å²) >= 11 is 0. The van der Waals surface area contributed by atoms with Crippen molar-refractivity contribution in [2.24, 2.45) is 0 Å². The molecule has 21 heavy (non-hydrogen) atoms. The van der Waals surface area contributed by atoms with E-state index in [2.05, 4.69) is 17.2 Å². The molecule has 3 amide bonds. The van der Waals surface area contributed by atoms with E-state index in [0.29, 0.717) is 23.4 Å². The Bertz CT molecular complexity index is 625. The third kappa shape index (κ3) is 2.79. The molecule has 1 unspecified atom stereocenters. The van der Waals surface area contributed by atoms with Crippen LogP contribution in [-0.4, -0.2) is 42.3 Å². The number of hydrogen-bond acceptors (Lipinski definition) is 4. The zero-order valence-electron chi connectivity index (χ0n) is 12.0. The Kier molecular flexibility index (Phi) is 4.07. The minimum absolute atomic E-state index is 0.171. The number of carbonyl (C=O) groups excluding carboxylic acids is 3.